The summed E-state index contributed by atoms with van der Waals surface area (Å²) in [5, 5.41) is 15.0. The molecule has 2 heterocycles. The van der Waals surface area contributed by atoms with Crippen molar-refractivity contribution in [3.8, 4) is 0 Å². The van der Waals surface area contributed by atoms with Crippen LogP contribution in [0, 0.1) is 0 Å². The largest absolute Gasteiger partial charge is 0.477 e. The molecule has 19 heavy (non-hydrogen) atoms. The first-order valence-electron chi connectivity index (χ1n) is 5.87. The van der Waals surface area contributed by atoms with Crippen molar-refractivity contribution in [3.05, 3.63) is 34.0 Å². The molecule has 0 aliphatic rings. The van der Waals surface area contributed by atoms with Crippen LogP contribution in [-0.4, -0.2) is 26.0 Å². The van der Waals surface area contributed by atoms with E-state index in [0.29, 0.717) is 5.95 Å². The monoisotopic (exact) mass is 278 g/mol. The first-order chi connectivity index (χ1) is 9.10. The van der Waals surface area contributed by atoms with Gasteiger partial charge in [0, 0.05) is 11.6 Å². The summed E-state index contributed by atoms with van der Waals surface area (Å²) in [5.41, 5.74) is 0.878. The number of aryl methyl sites for hydroxylation is 1. The van der Waals surface area contributed by atoms with Crippen molar-refractivity contribution in [2.45, 2.75) is 26.3 Å². The highest BCUT2D eigenvalue weighted by molar-refractivity contribution is 7.09. The second-order valence-corrected chi connectivity index (χ2v) is 4.90. The van der Waals surface area contributed by atoms with Crippen LogP contribution in [0.2, 0.25) is 0 Å². The van der Waals surface area contributed by atoms with Crippen LogP contribution in [0.4, 0.5) is 5.95 Å². The van der Waals surface area contributed by atoms with Crippen LogP contribution in [-0.2, 0) is 6.42 Å². The van der Waals surface area contributed by atoms with Gasteiger partial charge in [0.15, 0.2) is 5.69 Å². The van der Waals surface area contributed by atoms with E-state index in [1.165, 1.54) is 12.3 Å². The fraction of sp³-hybridized carbons (Fsp3) is 0.333. The van der Waals surface area contributed by atoms with Crippen LogP contribution >= 0.6 is 11.3 Å². The highest BCUT2D eigenvalue weighted by Crippen LogP contribution is 2.19. The lowest BCUT2D eigenvalue weighted by atomic mass is 10.2. The van der Waals surface area contributed by atoms with Crippen LogP contribution < -0.4 is 5.32 Å². The van der Waals surface area contributed by atoms with E-state index in [4.69, 9.17) is 5.11 Å². The third-order valence-electron chi connectivity index (χ3n) is 2.54. The summed E-state index contributed by atoms with van der Waals surface area (Å²) in [7, 11) is 0. The molecule has 0 saturated carbocycles. The van der Waals surface area contributed by atoms with Crippen LogP contribution in [0.15, 0.2) is 17.6 Å². The third-order valence-corrected chi connectivity index (χ3v) is 3.55. The molecule has 0 fully saturated rings. The van der Waals surface area contributed by atoms with E-state index >= 15 is 0 Å². The molecule has 1 unspecified atom stereocenters. The summed E-state index contributed by atoms with van der Waals surface area (Å²) in [6, 6.07) is 1.29. The van der Waals surface area contributed by atoms with Crippen molar-refractivity contribution in [1.29, 1.82) is 0 Å². The summed E-state index contributed by atoms with van der Waals surface area (Å²) >= 11 is 1.61. The Labute approximate surface area is 114 Å². The maximum absolute atomic E-state index is 10.8. The van der Waals surface area contributed by atoms with E-state index in [1.54, 1.807) is 11.3 Å². The van der Waals surface area contributed by atoms with E-state index in [-0.39, 0.29) is 11.7 Å². The number of aromatic nitrogens is 3. The second kappa shape index (κ2) is 5.75. The summed E-state index contributed by atoms with van der Waals surface area (Å²) in [6.07, 6.45) is 2.33. The smallest absolute Gasteiger partial charge is 0.354 e. The van der Waals surface area contributed by atoms with Crippen LogP contribution in [0.5, 0.6) is 0 Å². The van der Waals surface area contributed by atoms with Crippen molar-refractivity contribution in [1.82, 2.24) is 15.0 Å². The highest BCUT2D eigenvalue weighted by atomic mass is 32.1. The molecular weight excluding hydrogens is 264 g/mol. The maximum Gasteiger partial charge on any atom is 0.354 e. The zero-order valence-electron chi connectivity index (χ0n) is 10.6. The molecule has 100 valence electrons. The number of rotatable bonds is 5. The lowest BCUT2D eigenvalue weighted by Crippen LogP contribution is -2.12. The van der Waals surface area contributed by atoms with Gasteiger partial charge in [-0.2, -0.15) is 0 Å². The van der Waals surface area contributed by atoms with Gasteiger partial charge in [-0.05, 0) is 19.4 Å². The van der Waals surface area contributed by atoms with Gasteiger partial charge in [0.25, 0.3) is 0 Å². The molecule has 0 aliphatic heterocycles. The SMILES string of the molecule is CCc1nc(C(C)Nc2nccc(C(=O)O)n2)cs1. The molecule has 1 atom stereocenters. The van der Waals surface area contributed by atoms with Crippen molar-refractivity contribution in [2.24, 2.45) is 0 Å². The number of nitrogens with zero attached hydrogens (tertiary/aromatic N) is 3. The van der Waals surface area contributed by atoms with Gasteiger partial charge in [0.05, 0.1) is 16.7 Å². The first-order valence-corrected chi connectivity index (χ1v) is 6.75. The molecular formula is C12H14N4O2S. The molecule has 0 saturated heterocycles. The van der Waals surface area contributed by atoms with Gasteiger partial charge in [0.1, 0.15) is 0 Å². The Balaban J connectivity index is 2.12. The van der Waals surface area contributed by atoms with Crippen molar-refractivity contribution in [3.63, 3.8) is 0 Å². The quantitative estimate of drug-likeness (QED) is 0.873. The van der Waals surface area contributed by atoms with Crippen molar-refractivity contribution < 1.29 is 9.90 Å². The number of carboxylic acid groups (broad SMARTS) is 1. The van der Waals surface area contributed by atoms with E-state index in [0.717, 1.165) is 17.1 Å². The third kappa shape index (κ3) is 3.25. The summed E-state index contributed by atoms with van der Waals surface area (Å²) in [4.78, 5) is 23.2. The lowest BCUT2D eigenvalue weighted by molar-refractivity contribution is 0.0690. The predicted octanol–water partition coefficient (Wildman–Crippen LogP) is 2.37. The number of carboxylic acids is 1. The van der Waals surface area contributed by atoms with E-state index < -0.39 is 5.97 Å². The molecule has 6 nitrogen and oxygen atoms in total. The van der Waals surface area contributed by atoms with Crippen molar-refractivity contribution >= 4 is 23.3 Å². The Hall–Kier alpha value is -2.02. The van der Waals surface area contributed by atoms with Gasteiger partial charge in [-0.1, -0.05) is 6.92 Å². The number of hydrogen-bond acceptors (Lipinski definition) is 6. The Morgan fingerprint density at radius 2 is 2.32 bits per heavy atom. The van der Waals surface area contributed by atoms with Gasteiger partial charge < -0.3 is 10.4 Å². The Kier molecular flexibility index (Phi) is 4.06. The first kappa shape index (κ1) is 13.4. The molecule has 2 aromatic heterocycles. The molecule has 2 aromatic rings. The Morgan fingerprint density at radius 3 is 2.95 bits per heavy atom. The number of nitrogens with one attached hydrogen (secondary N) is 1. The van der Waals surface area contributed by atoms with Crippen molar-refractivity contribution in [2.75, 3.05) is 5.32 Å². The van der Waals surface area contributed by atoms with Gasteiger partial charge in [-0.3, -0.25) is 0 Å². The minimum absolute atomic E-state index is 0.0303. The maximum atomic E-state index is 10.8. The molecule has 0 aromatic carbocycles. The number of aromatic carboxylic acids is 1. The molecule has 0 amide bonds. The normalized spacial score (nSPS) is 12.1. The standard InChI is InChI=1S/C12H14N4O2S/c1-3-10-15-9(6-19-10)7(2)14-12-13-5-4-8(16-12)11(17)18/h4-7H,3H2,1-2H3,(H,17,18)(H,13,14,16). The zero-order valence-corrected chi connectivity index (χ0v) is 11.4. The lowest BCUT2D eigenvalue weighted by Gasteiger charge is -2.11. The summed E-state index contributed by atoms with van der Waals surface area (Å²) < 4.78 is 0. The van der Waals surface area contributed by atoms with Gasteiger partial charge in [0.2, 0.25) is 5.95 Å². The fourth-order valence-electron chi connectivity index (χ4n) is 1.50. The van der Waals surface area contributed by atoms with Gasteiger partial charge in [-0.15, -0.1) is 11.3 Å². The minimum Gasteiger partial charge on any atom is -0.477 e. The minimum atomic E-state index is -1.07. The molecule has 0 bridgehead atoms. The highest BCUT2D eigenvalue weighted by Gasteiger charge is 2.12. The van der Waals surface area contributed by atoms with E-state index in [1.807, 2.05) is 12.3 Å². The average molecular weight is 278 g/mol. The average Bonchev–Trinajstić information content (AvgIpc) is 2.88. The molecule has 7 heteroatoms. The Bertz CT molecular complexity index is 585. The van der Waals surface area contributed by atoms with Crippen LogP contribution in [0.25, 0.3) is 0 Å². The molecule has 0 radical (unpaired) electrons. The Morgan fingerprint density at radius 1 is 1.53 bits per heavy atom. The molecule has 2 rings (SSSR count). The summed E-state index contributed by atoms with van der Waals surface area (Å²) in [6.45, 7) is 3.99. The predicted molar refractivity (Wildman–Crippen MR) is 72.5 cm³/mol. The van der Waals surface area contributed by atoms with Crippen LogP contribution in [0.1, 0.15) is 41.1 Å². The number of thiazole rings is 1. The number of anilines is 1. The fourth-order valence-corrected chi connectivity index (χ4v) is 2.34. The van der Waals surface area contributed by atoms with Gasteiger partial charge >= 0.3 is 5.97 Å². The zero-order chi connectivity index (χ0) is 13.8. The van der Waals surface area contributed by atoms with Gasteiger partial charge in [-0.25, -0.2) is 19.7 Å². The topological polar surface area (TPSA) is 88.0 Å². The van der Waals surface area contributed by atoms with E-state index in [2.05, 4.69) is 27.2 Å². The molecule has 2 N–H and O–H groups in total. The molecule has 0 aliphatic carbocycles. The number of carbonyl (C=O) groups is 1. The van der Waals surface area contributed by atoms with Crippen LogP contribution in [0.3, 0.4) is 0 Å². The summed E-state index contributed by atoms with van der Waals surface area (Å²) in [5.74, 6) is -0.779. The van der Waals surface area contributed by atoms with E-state index in [9.17, 15) is 4.79 Å². The molecule has 0 spiro atoms. The second-order valence-electron chi connectivity index (χ2n) is 3.96. The number of hydrogen-bond donors (Lipinski definition) is 2.